The number of fused-ring (bicyclic) bond motifs is 1. The normalized spacial score (nSPS) is 10.7. The van der Waals surface area contributed by atoms with E-state index in [9.17, 15) is 4.79 Å². The van der Waals surface area contributed by atoms with Crippen LogP contribution >= 0.6 is 38.5 Å². The largest absolute Gasteiger partial charge is 0.462 e. The van der Waals surface area contributed by atoms with Gasteiger partial charge in [0.1, 0.15) is 4.60 Å². The minimum Gasteiger partial charge on any atom is -0.462 e. The second-order valence-corrected chi connectivity index (χ2v) is 5.05. The predicted octanol–water partition coefficient (Wildman–Crippen LogP) is 2.88. The molecule has 2 rings (SSSR count). The fourth-order valence-electron chi connectivity index (χ4n) is 1.34. The number of aromatic nitrogens is 2. The number of nitrogens with zero attached hydrogens (tertiary/aromatic N) is 2. The van der Waals surface area contributed by atoms with Gasteiger partial charge in [-0.15, -0.1) is 0 Å². The zero-order valence-corrected chi connectivity index (χ0v) is 12.1. The fraction of sp³-hybridized carbons (Fsp3) is 0.200. The number of carbonyl (C=O) groups excluding carboxylic acids is 1. The number of imidazole rings is 1. The third-order valence-electron chi connectivity index (χ3n) is 2.03. The Balaban J connectivity index is 2.56. The average molecular weight is 395 g/mol. The summed E-state index contributed by atoms with van der Waals surface area (Å²) in [5, 5.41) is 0. The molecule has 0 amide bonds. The van der Waals surface area contributed by atoms with Gasteiger partial charge in [0.2, 0.25) is 0 Å². The van der Waals surface area contributed by atoms with E-state index in [0.717, 1.165) is 13.8 Å². The highest BCUT2D eigenvalue weighted by molar-refractivity contribution is 14.1. The lowest BCUT2D eigenvalue weighted by Gasteiger charge is -2.04. The van der Waals surface area contributed by atoms with Gasteiger partial charge in [0.15, 0.2) is 5.65 Å². The maximum Gasteiger partial charge on any atom is 0.339 e. The van der Waals surface area contributed by atoms with Crippen LogP contribution in [0.5, 0.6) is 0 Å². The van der Waals surface area contributed by atoms with Gasteiger partial charge < -0.3 is 4.74 Å². The van der Waals surface area contributed by atoms with Gasteiger partial charge in [-0.3, -0.25) is 4.40 Å². The van der Waals surface area contributed by atoms with Gasteiger partial charge >= 0.3 is 5.97 Å². The molecule has 0 aromatic carbocycles. The maximum atomic E-state index is 11.6. The molecule has 4 nitrogen and oxygen atoms in total. The van der Waals surface area contributed by atoms with Gasteiger partial charge in [0.05, 0.1) is 21.9 Å². The molecule has 2 heterocycles. The van der Waals surface area contributed by atoms with E-state index in [0.29, 0.717) is 12.2 Å². The number of ether oxygens (including phenoxy) is 1. The summed E-state index contributed by atoms with van der Waals surface area (Å²) in [7, 11) is 0. The summed E-state index contributed by atoms with van der Waals surface area (Å²) in [6, 6.07) is 1.77. The van der Waals surface area contributed by atoms with Crippen LogP contribution in [0.3, 0.4) is 0 Å². The van der Waals surface area contributed by atoms with Crippen LogP contribution in [0.25, 0.3) is 5.65 Å². The van der Waals surface area contributed by atoms with Crippen LogP contribution in [0.2, 0.25) is 0 Å². The van der Waals surface area contributed by atoms with Crippen LogP contribution < -0.4 is 0 Å². The lowest BCUT2D eigenvalue weighted by atomic mass is 10.3. The third kappa shape index (κ3) is 2.08. The number of halogens is 2. The molecule has 0 aliphatic carbocycles. The molecule has 0 fully saturated rings. The first-order valence-corrected chi connectivity index (χ1v) is 6.50. The van der Waals surface area contributed by atoms with Crippen LogP contribution in [0.4, 0.5) is 0 Å². The van der Waals surface area contributed by atoms with E-state index in [1.54, 1.807) is 25.4 Å². The Bertz CT molecular complexity index is 553. The van der Waals surface area contributed by atoms with Crippen molar-refractivity contribution < 1.29 is 9.53 Å². The molecule has 0 aliphatic heterocycles. The highest BCUT2D eigenvalue weighted by atomic mass is 127. The molecule has 2 aromatic rings. The van der Waals surface area contributed by atoms with E-state index in [1.807, 2.05) is 4.40 Å². The zero-order chi connectivity index (χ0) is 11.7. The monoisotopic (exact) mass is 394 g/mol. The number of esters is 1. The number of hydrogen-bond donors (Lipinski definition) is 0. The molecule has 0 N–H and O–H groups in total. The molecule has 0 radical (unpaired) electrons. The topological polar surface area (TPSA) is 43.6 Å². The van der Waals surface area contributed by atoms with Gasteiger partial charge in [0.25, 0.3) is 0 Å². The summed E-state index contributed by atoms with van der Waals surface area (Å²) >= 11 is 5.52. The molecular weight excluding hydrogens is 387 g/mol. The highest BCUT2D eigenvalue weighted by Gasteiger charge is 2.12. The molecule has 0 aliphatic rings. The first-order chi connectivity index (χ1) is 7.63. The van der Waals surface area contributed by atoms with Crippen LogP contribution in [0, 0.1) is 3.57 Å². The van der Waals surface area contributed by atoms with E-state index in [-0.39, 0.29) is 5.97 Å². The quantitative estimate of drug-likeness (QED) is 0.581. The smallest absolute Gasteiger partial charge is 0.339 e. The van der Waals surface area contributed by atoms with Gasteiger partial charge in [-0.2, -0.15) is 0 Å². The molecule has 0 atom stereocenters. The van der Waals surface area contributed by atoms with Crippen molar-refractivity contribution in [1.29, 1.82) is 0 Å². The lowest BCUT2D eigenvalue weighted by Crippen LogP contribution is -2.06. The summed E-state index contributed by atoms with van der Waals surface area (Å²) in [4.78, 5) is 15.8. The van der Waals surface area contributed by atoms with E-state index in [1.165, 1.54) is 0 Å². The first-order valence-electron chi connectivity index (χ1n) is 4.62. The van der Waals surface area contributed by atoms with Crippen molar-refractivity contribution in [2.45, 2.75) is 6.92 Å². The van der Waals surface area contributed by atoms with E-state index < -0.39 is 0 Å². The van der Waals surface area contributed by atoms with Gasteiger partial charge in [-0.05, 0) is 51.5 Å². The summed E-state index contributed by atoms with van der Waals surface area (Å²) in [5.41, 5.74) is 1.35. The molecule has 0 unspecified atom stereocenters. The standard InChI is InChI=1S/C10H8BrIN2O2/c1-2-16-10(15)6-3-7(12)9-13-4-8(11)14(9)5-6/h3-5H,2H2,1H3. The van der Waals surface area contributed by atoms with Gasteiger partial charge in [0, 0.05) is 6.20 Å². The SMILES string of the molecule is CCOC(=O)c1cc(I)c2ncc(Br)n2c1. The Morgan fingerprint density at radius 3 is 3.12 bits per heavy atom. The van der Waals surface area contributed by atoms with E-state index in [2.05, 4.69) is 43.5 Å². The Morgan fingerprint density at radius 1 is 1.69 bits per heavy atom. The van der Waals surface area contributed by atoms with Crippen molar-refractivity contribution in [2.75, 3.05) is 6.61 Å². The number of pyridine rings is 1. The predicted molar refractivity (Wildman–Crippen MR) is 71.6 cm³/mol. The van der Waals surface area contributed by atoms with Crippen LogP contribution in [-0.2, 0) is 4.74 Å². The van der Waals surface area contributed by atoms with Crippen LogP contribution in [0.1, 0.15) is 17.3 Å². The second kappa shape index (κ2) is 4.70. The molecule has 0 saturated carbocycles. The van der Waals surface area contributed by atoms with Gasteiger partial charge in [-0.25, -0.2) is 9.78 Å². The maximum absolute atomic E-state index is 11.6. The number of carbonyl (C=O) groups is 1. The molecular formula is C10H8BrIN2O2. The molecule has 16 heavy (non-hydrogen) atoms. The van der Waals surface area contributed by atoms with Crippen molar-refractivity contribution in [1.82, 2.24) is 9.38 Å². The minimum atomic E-state index is -0.317. The minimum absolute atomic E-state index is 0.317. The molecule has 0 saturated heterocycles. The first kappa shape index (κ1) is 11.8. The number of rotatable bonds is 2. The summed E-state index contributed by atoms with van der Waals surface area (Å²) in [6.07, 6.45) is 3.42. The van der Waals surface area contributed by atoms with Crippen molar-refractivity contribution >= 4 is 50.1 Å². The zero-order valence-electron chi connectivity index (χ0n) is 8.41. The lowest BCUT2D eigenvalue weighted by molar-refractivity contribution is 0.0525. The molecule has 6 heteroatoms. The Morgan fingerprint density at radius 2 is 2.44 bits per heavy atom. The molecule has 84 valence electrons. The van der Waals surface area contributed by atoms with Crippen molar-refractivity contribution in [2.24, 2.45) is 0 Å². The second-order valence-electron chi connectivity index (χ2n) is 3.07. The van der Waals surface area contributed by atoms with E-state index >= 15 is 0 Å². The Labute approximate surface area is 114 Å². The van der Waals surface area contributed by atoms with Crippen molar-refractivity contribution in [3.63, 3.8) is 0 Å². The molecule has 2 aromatic heterocycles. The Kier molecular flexibility index (Phi) is 3.48. The average Bonchev–Trinajstić information content (AvgIpc) is 2.61. The number of hydrogen-bond acceptors (Lipinski definition) is 3. The van der Waals surface area contributed by atoms with Gasteiger partial charge in [-0.1, -0.05) is 0 Å². The summed E-state index contributed by atoms with van der Waals surface area (Å²) in [6.45, 7) is 2.16. The molecule has 0 spiro atoms. The summed E-state index contributed by atoms with van der Waals surface area (Å²) in [5.74, 6) is -0.317. The van der Waals surface area contributed by atoms with Crippen molar-refractivity contribution in [3.05, 3.63) is 32.2 Å². The molecule has 0 bridgehead atoms. The third-order valence-corrected chi connectivity index (χ3v) is 3.41. The van der Waals surface area contributed by atoms with Crippen LogP contribution in [-0.4, -0.2) is 22.0 Å². The highest BCUT2D eigenvalue weighted by Crippen LogP contribution is 2.20. The Hall–Kier alpha value is -0.630. The fourth-order valence-corrected chi connectivity index (χ4v) is 2.45. The summed E-state index contributed by atoms with van der Waals surface area (Å²) < 4.78 is 8.49. The van der Waals surface area contributed by atoms with E-state index in [4.69, 9.17) is 4.74 Å². The van der Waals surface area contributed by atoms with Crippen LogP contribution in [0.15, 0.2) is 23.1 Å². The van der Waals surface area contributed by atoms with Crippen molar-refractivity contribution in [3.8, 4) is 0 Å².